The molecule has 4 heteroatoms. The Morgan fingerprint density at radius 3 is 2.71 bits per heavy atom. The van der Waals surface area contributed by atoms with Crippen LogP contribution in [0, 0.1) is 5.92 Å². The highest BCUT2D eigenvalue weighted by molar-refractivity contribution is 5.79. The first-order valence-corrected chi connectivity index (χ1v) is 6.68. The molecule has 0 aromatic rings. The summed E-state index contributed by atoms with van der Waals surface area (Å²) in [5, 5.41) is 10.3. The van der Waals surface area contributed by atoms with Crippen molar-refractivity contribution >= 4 is 5.91 Å². The van der Waals surface area contributed by atoms with Crippen LogP contribution < -0.4 is 0 Å². The van der Waals surface area contributed by atoms with Crippen LogP contribution in [0.5, 0.6) is 0 Å². The first-order chi connectivity index (χ1) is 8.09. The minimum Gasteiger partial charge on any atom is -0.390 e. The molecule has 4 nitrogen and oxygen atoms in total. The summed E-state index contributed by atoms with van der Waals surface area (Å²) in [5.41, 5.74) is 0. The second-order valence-electron chi connectivity index (χ2n) is 5.50. The van der Waals surface area contributed by atoms with Gasteiger partial charge in [0.25, 0.3) is 0 Å². The van der Waals surface area contributed by atoms with Crippen molar-refractivity contribution in [3.63, 3.8) is 0 Å². The van der Waals surface area contributed by atoms with Crippen molar-refractivity contribution < 1.29 is 14.6 Å². The molecular formula is C13H23NO3. The van der Waals surface area contributed by atoms with Crippen molar-refractivity contribution in [2.24, 2.45) is 5.92 Å². The molecule has 2 saturated heterocycles. The van der Waals surface area contributed by atoms with Crippen molar-refractivity contribution in [3.05, 3.63) is 0 Å². The van der Waals surface area contributed by atoms with Gasteiger partial charge in [-0.05, 0) is 33.1 Å². The summed E-state index contributed by atoms with van der Waals surface area (Å²) >= 11 is 0. The molecule has 2 rings (SSSR count). The van der Waals surface area contributed by atoms with Crippen molar-refractivity contribution in [2.75, 3.05) is 13.2 Å². The molecule has 3 unspecified atom stereocenters. The van der Waals surface area contributed by atoms with Gasteiger partial charge in [-0.1, -0.05) is 0 Å². The van der Waals surface area contributed by atoms with E-state index in [1.807, 2.05) is 18.7 Å². The lowest BCUT2D eigenvalue weighted by atomic mass is 9.93. The molecule has 0 aromatic carbocycles. The largest absolute Gasteiger partial charge is 0.390 e. The van der Waals surface area contributed by atoms with Crippen LogP contribution in [0.2, 0.25) is 0 Å². The average Bonchev–Trinajstić information content (AvgIpc) is 2.71. The van der Waals surface area contributed by atoms with Crippen LogP contribution >= 0.6 is 0 Å². The first kappa shape index (κ1) is 12.8. The fourth-order valence-corrected chi connectivity index (χ4v) is 2.83. The van der Waals surface area contributed by atoms with Crippen molar-refractivity contribution in [1.29, 1.82) is 0 Å². The van der Waals surface area contributed by atoms with Gasteiger partial charge < -0.3 is 14.7 Å². The maximum Gasteiger partial charge on any atom is 0.223 e. The summed E-state index contributed by atoms with van der Waals surface area (Å²) < 4.78 is 5.60. The van der Waals surface area contributed by atoms with Gasteiger partial charge in [-0.15, -0.1) is 0 Å². The lowest BCUT2D eigenvalue weighted by Crippen LogP contribution is -2.39. The number of carbonyl (C=O) groups is 1. The fourth-order valence-electron chi connectivity index (χ4n) is 2.83. The number of carbonyl (C=O) groups excluding carboxylic acids is 1. The Morgan fingerprint density at radius 2 is 2.18 bits per heavy atom. The number of likely N-dealkylation sites (tertiary alicyclic amines) is 1. The Bertz CT molecular complexity index is 274. The topological polar surface area (TPSA) is 49.8 Å². The molecule has 0 aromatic heterocycles. The van der Waals surface area contributed by atoms with Crippen LogP contribution in [-0.4, -0.2) is 47.3 Å². The molecule has 17 heavy (non-hydrogen) atoms. The van der Waals surface area contributed by atoms with Gasteiger partial charge in [0.1, 0.15) is 0 Å². The van der Waals surface area contributed by atoms with Gasteiger partial charge >= 0.3 is 0 Å². The second-order valence-corrected chi connectivity index (χ2v) is 5.50. The molecule has 0 aliphatic carbocycles. The number of ether oxygens (including phenoxy) is 1. The number of hydrogen-bond donors (Lipinski definition) is 1. The Morgan fingerprint density at radius 1 is 1.41 bits per heavy atom. The SMILES string of the molecule is CC(C)N1CC(C(O)C2CCCCO2)CC1=O. The molecule has 1 amide bonds. The van der Waals surface area contributed by atoms with Crippen molar-refractivity contribution in [2.45, 2.75) is 57.8 Å². The predicted octanol–water partition coefficient (Wildman–Crippen LogP) is 1.17. The Kier molecular flexibility index (Phi) is 4.05. The zero-order valence-corrected chi connectivity index (χ0v) is 10.8. The second kappa shape index (κ2) is 5.36. The minimum absolute atomic E-state index is 0.0491. The van der Waals surface area contributed by atoms with E-state index in [1.165, 1.54) is 0 Å². The number of amides is 1. The number of rotatable bonds is 3. The van der Waals surface area contributed by atoms with Crippen molar-refractivity contribution in [3.8, 4) is 0 Å². The molecular weight excluding hydrogens is 218 g/mol. The monoisotopic (exact) mass is 241 g/mol. The molecule has 1 N–H and O–H groups in total. The highest BCUT2D eigenvalue weighted by Crippen LogP contribution is 2.28. The molecule has 0 spiro atoms. The van der Waals surface area contributed by atoms with Gasteiger partial charge in [-0.2, -0.15) is 0 Å². The van der Waals surface area contributed by atoms with Crippen LogP contribution in [0.3, 0.4) is 0 Å². The van der Waals surface area contributed by atoms with Gasteiger partial charge in [-0.3, -0.25) is 4.79 Å². The quantitative estimate of drug-likeness (QED) is 0.807. The Labute approximate surface area is 103 Å². The summed E-state index contributed by atoms with van der Waals surface area (Å²) in [4.78, 5) is 13.6. The molecule has 98 valence electrons. The van der Waals surface area contributed by atoms with E-state index in [9.17, 15) is 9.90 Å². The normalized spacial score (nSPS) is 32.2. The Balaban J connectivity index is 1.92. The summed E-state index contributed by atoms with van der Waals surface area (Å²) in [6.07, 6.45) is 3.06. The van der Waals surface area contributed by atoms with Crippen LogP contribution in [0.1, 0.15) is 39.5 Å². The molecule has 2 aliphatic rings. The van der Waals surface area contributed by atoms with Crippen molar-refractivity contribution in [1.82, 2.24) is 4.90 Å². The van der Waals surface area contributed by atoms with E-state index in [-0.39, 0.29) is 24.0 Å². The van der Waals surface area contributed by atoms with Crippen LogP contribution in [0.4, 0.5) is 0 Å². The van der Waals surface area contributed by atoms with Crippen LogP contribution in [0.25, 0.3) is 0 Å². The zero-order valence-electron chi connectivity index (χ0n) is 10.8. The molecule has 3 atom stereocenters. The predicted molar refractivity (Wildman–Crippen MR) is 64.6 cm³/mol. The highest BCUT2D eigenvalue weighted by Gasteiger charge is 2.39. The zero-order chi connectivity index (χ0) is 12.4. The summed E-state index contributed by atoms with van der Waals surface area (Å²) in [6, 6.07) is 0.229. The molecule has 0 radical (unpaired) electrons. The van der Waals surface area contributed by atoms with E-state index in [1.54, 1.807) is 0 Å². The summed E-state index contributed by atoms with van der Waals surface area (Å²) in [5.74, 6) is 0.216. The first-order valence-electron chi connectivity index (χ1n) is 6.68. The summed E-state index contributed by atoms with van der Waals surface area (Å²) in [7, 11) is 0. The number of nitrogens with zero attached hydrogens (tertiary/aromatic N) is 1. The average molecular weight is 241 g/mol. The van der Waals surface area contributed by atoms with E-state index in [4.69, 9.17) is 4.74 Å². The third-order valence-electron chi connectivity index (χ3n) is 3.89. The summed E-state index contributed by atoms with van der Waals surface area (Å²) in [6.45, 7) is 5.46. The van der Waals surface area contributed by atoms with Crippen LogP contribution in [-0.2, 0) is 9.53 Å². The third-order valence-corrected chi connectivity index (χ3v) is 3.89. The lowest BCUT2D eigenvalue weighted by molar-refractivity contribution is -0.129. The van der Waals surface area contributed by atoms with E-state index >= 15 is 0 Å². The van der Waals surface area contributed by atoms with Gasteiger partial charge in [0.15, 0.2) is 0 Å². The van der Waals surface area contributed by atoms with E-state index < -0.39 is 6.10 Å². The minimum atomic E-state index is -0.483. The van der Waals surface area contributed by atoms with Crippen LogP contribution in [0.15, 0.2) is 0 Å². The maximum atomic E-state index is 11.8. The van der Waals surface area contributed by atoms with Gasteiger partial charge in [0.2, 0.25) is 5.91 Å². The number of aliphatic hydroxyl groups excluding tert-OH is 1. The lowest BCUT2D eigenvalue weighted by Gasteiger charge is -2.30. The number of hydrogen-bond acceptors (Lipinski definition) is 3. The van der Waals surface area contributed by atoms with E-state index in [0.29, 0.717) is 13.0 Å². The standard InChI is InChI=1S/C13H23NO3/c1-9(2)14-8-10(7-12(14)15)13(16)11-5-3-4-6-17-11/h9-11,13,16H,3-8H2,1-2H3. The Hall–Kier alpha value is -0.610. The van der Waals surface area contributed by atoms with E-state index in [0.717, 1.165) is 25.9 Å². The smallest absolute Gasteiger partial charge is 0.223 e. The van der Waals surface area contributed by atoms with Gasteiger partial charge in [-0.25, -0.2) is 0 Å². The molecule has 2 aliphatic heterocycles. The van der Waals surface area contributed by atoms with Gasteiger partial charge in [0, 0.05) is 31.5 Å². The molecule has 2 fully saturated rings. The molecule has 0 bridgehead atoms. The molecule has 2 heterocycles. The van der Waals surface area contributed by atoms with E-state index in [2.05, 4.69) is 0 Å². The third kappa shape index (κ3) is 2.80. The highest BCUT2D eigenvalue weighted by atomic mass is 16.5. The number of aliphatic hydroxyl groups is 1. The fraction of sp³-hybridized carbons (Fsp3) is 0.923. The maximum absolute atomic E-state index is 11.8. The van der Waals surface area contributed by atoms with Gasteiger partial charge in [0.05, 0.1) is 12.2 Å². The molecule has 0 saturated carbocycles.